The highest BCUT2D eigenvalue weighted by atomic mass is 16.5. The van der Waals surface area contributed by atoms with E-state index in [2.05, 4.69) is 24.9 Å². The quantitative estimate of drug-likeness (QED) is 0.456. The van der Waals surface area contributed by atoms with Gasteiger partial charge < -0.3 is 10.2 Å². The first-order valence-corrected chi connectivity index (χ1v) is 4.55. The number of fused-ring (bicyclic) bond motifs is 1. The summed E-state index contributed by atoms with van der Waals surface area (Å²) in [6.07, 6.45) is 7.64. The van der Waals surface area contributed by atoms with Crippen LogP contribution in [0.5, 0.6) is 0 Å². The molecule has 0 saturated heterocycles. The van der Waals surface area contributed by atoms with Crippen molar-refractivity contribution in [1.82, 2.24) is 24.9 Å². The highest BCUT2D eigenvalue weighted by Gasteiger charge is 2.14. The lowest BCUT2D eigenvalue weighted by Gasteiger charge is -2.06. The molecule has 78 valence electrons. The number of nitrogens with one attached hydrogen (secondary N) is 1. The number of aromatic nitrogens is 6. The Kier molecular flexibility index (Phi) is 1.76. The van der Waals surface area contributed by atoms with E-state index in [0.29, 0.717) is 16.1 Å². The molecule has 0 saturated carbocycles. The van der Waals surface area contributed by atoms with E-state index in [1.54, 1.807) is 12.4 Å². The van der Waals surface area contributed by atoms with Crippen LogP contribution in [0.3, 0.4) is 0 Å². The Hall–Kier alpha value is -2.57. The minimum atomic E-state index is 0.179. The van der Waals surface area contributed by atoms with Gasteiger partial charge in [-0.15, -0.1) is 9.97 Å². The lowest BCUT2D eigenvalue weighted by molar-refractivity contribution is -0.570. The van der Waals surface area contributed by atoms with Crippen LogP contribution in [0.25, 0.3) is 22.8 Å². The molecule has 0 aromatic carbocycles. The molecule has 16 heavy (non-hydrogen) atoms. The maximum Gasteiger partial charge on any atom is 0.306 e. The van der Waals surface area contributed by atoms with E-state index < -0.39 is 0 Å². The van der Waals surface area contributed by atoms with Crippen molar-refractivity contribution in [2.45, 2.75) is 0 Å². The molecule has 0 amide bonds. The fourth-order valence-electron chi connectivity index (χ4n) is 1.41. The molecule has 0 spiro atoms. The summed E-state index contributed by atoms with van der Waals surface area (Å²) >= 11 is 0. The van der Waals surface area contributed by atoms with Crippen molar-refractivity contribution in [2.24, 2.45) is 0 Å². The van der Waals surface area contributed by atoms with Gasteiger partial charge in [-0.2, -0.15) is 0 Å². The lowest BCUT2D eigenvalue weighted by atomic mass is 10.4. The number of hydrogen-bond donors (Lipinski definition) is 1. The average Bonchev–Trinajstić information content (AvgIpc) is 2.83. The van der Waals surface area contributed by atoms with Crippen molar-refractivity contribution in [3.63, 3.8) is 0 Å². The standard InChI is InChI=1S/C9H6N6O/c16-15-8-6(10-1-4-13-8)5-14-9(15)7-11-2-3-12-7/h1-5H,(H,11,12). The molecule has 7 nitrogen and oxygen atoms in total. The smallest absolute Gasteiger partial charge is 0.306 e. The normalized spacial score (nSPS) is 10.8. The first-order valence-electron chi connectivity index (χ1n) is 4.55. The topological polar surface area (TPSA) is 94.3 Å². The van der Waals surface area contributed by atoms with E-state index >= 15 is 0 Å². The summed E-state index contributed by atoms with van der Waals surface area (Å²) in [6.45, 7) is 0. The van der Waals surface area contributed by atoms with Gasteiger partial charge in [0.25, 0.3) is 5.65 Å². The molecule has 3 heterocycles. The molecule has 3 aromatic rings. The van der Waals surface area contributed by atoms with Gasteiger partial charge in [0.15, 0.2) is 5.52 Å². The summed E-state index contributed by atoms with van der Waals surface area (Å²) in [4.78, 5) is 18.7. The van der Waals surface area contributed by atoms with E-state index in [-0.39, 0.29) is 11.5 Å². The Labute approximate surface area is 89.4 Å². The van der Waals surface area contributed by atoms with Crippen molar-refractivity contribution in [3.05, 3.63) is 36.2 Å². The van der Waals surface area contributed by atoms with Crippen LogP contribution < -0.4 is 4.73 Å². The average molecular weight is 214 g/mol. The maximum atomic E-state index is 11.9. The van der Waals surface area contributed by atoms with Crippen LogP contribution in [0.4, 0.5) is 0 Å². The number of nitrogens with zero attached hydrogens (tertiary/aromatic N) is 5. The second kappa shape index (κ2) is 3.23. The first-order chi connectivity index (χ1) is 7.86. The SMILES string of the molecule is [O-][n+]1c(-c2ncc[nH]2)ncc2nccnc21. The number of rotatable bonds is 1. The van der Waals surface area contributed by atoms with Crippen molar-refractivity contribution >= 4 is 11.2 Å². The number of hydrogen-bond acceptors (Lipinski definition) is 5. The van der Waals surface area contributed by atoms with E-state index in [1.165, 1.54) is 18.6 Å². The third-order valence-electron chi connectivity index (χ3n) is 2.11. The van der Waals surface area contributed by atoms with Crippen LogP contribution in [-0.4, -0.2) is 24.9 Å². The Morgan fingerprint density at radius 2 is 1.94 bits per heavy atom. The summed E-state index contributed by atoms with van der Waals surface area (Å²) in [7, 11) is 0. The first kappa shape index (κ1) is 8.72. The molecular weight excluding hydrogens is 208 g/mol. The predicted octanol–water partition coefficient (Wildman–Crippen LogP) is 0.0483. The van der Waals surface area contributed by atoms with Gasteiger partial charge in [0.1, 0.15) is 12.4 Å². The Morgan fingerprint density at radius 3 is 2.75 bits per heavy atom. The van der Waals surface area contributed by atoms with Crippen LogP contribution in [0.1, 0.15) is 0 Å². The lowest BCUT2D eigenvalue weighted by Crippen LogP contribution is -2.32. The zero-order chi connectivity index (χ0) is 11.0. The third-order valence-corrected chi connectivity index (χ3v) is 2.11. The van der Waals surface area contributed by atoms with Crippen LogP contribution in [0, 0.1) is 5.21 Å². The summed E-state index contributed by atoms with van der Waals surface area (Å²) in [5.41, 5.74) is 0.678. The molecule has 0 aliphatic heterocycles. The molecule has 0 aliphatic carbocycles. The van der Waals surface area contributed by atoms with Crippen LogP contribution in [0.15, 0.2) is 31.0 Å². The summed E-state index contributed by atoms with van der Waals surface area (Å²) < 4.78 is 0.612. The van der Waals surface area contributed by atoms with Crippen LogP contribution >= 0.6 is 0 Å². The van der Waals surface area contributed by atoms with Gasteiger partial charge in [-0.05, 0) is 0 Å². The molecule has 0 fully saturated rings. The van der Waals surface area contributed by atoms with Gasteiger partial charge in [0, 0.05) is 12.4 Å². The monoisotopic (exact) mass is 214 g/mol. The summed E-state index contributed by atoms with van der Waals surface area (Å²) in [5, 5.41) is 11.9. The molecule has 0 radical (unpaired) electrons. The molecular formula is C9H6N6O. The maximum absolute atomic E-state index is 11.9. The molecule has 0 atom stereocenters. The number of aromatic amines is 1. The zero-order valence-electron chi connectivity index (χ0n) is 8.03. The second-order valence-corrected chi connectivity index (χ2v) is 3.08. The fraction of sp³-hybridized carbons (Fsp3) is 0. The van der Waals surface area contributed by atoms with Crippen molar-refractivity contribution in [1.29, 1.82) is 0 Å². The molecule has 3 aromatic heterocycles. The number of imidazole rings is 1. The molecule has 0 bridgehead atoms. The summed E-state index contributed by atoms with van der Waals surface area (Å²) in [6, 6.07) is 0. The van der Waals surface area contributed by atoms with Gasteiger partial charge in [-0.25, -0.2) is 14.7 Å². The van der Waals surface area contributed by atoms with Gasteiger partial charge in [-0.1, -0.05) is 0 Å². The molecule has 3 rings (SSSR count). The molecule has 0 aliphatic rings. The third kappa shape index (κ3) is 1.18. The van der Waals surface area contributed by atoms with Gasteiger partial charge >= 0.3 is 5.82 Å². The highest BCUT2D eigenvalue weighted by Crippen LogP contribution is 2.08. The Morgan fingerprint density at radius 1 is 1.06 bits per heavy atom. The molecule has 0 unspecified atom stereocenters. The molecule has 1 N–H and O–H groups in total. The highest BCUT2D eigenvalue weighted by molar-refractivity contribution is 5.65. The fourth-order valence-corrected chi connectivity index (χ4v) is 1.41. The van der Waals surface area contributed by atoms with Gasteiger partial charge in [0.05, 0.1) is 6.20 Å². The number of H-pyrrole nitrogens is 1. The van der Waals surface area contributed by atoms with E-state index in [9.17, 15) is 5.21 Å². The Bertz CT molecular complexity index is 636. The van der Waals surface area contributed by atoms with Crippen molar-refractivity contribution in [2.75, 3.05) is 0 Å². The van der Waals surface area contributed by atoms with Crippen LogP contribution in [0.2, 0.25) is 0 Å². The second-order valence-electron chi connectivity index (χ2n) is 3.08. The molecule has 7 heteroatoms. The van der Waals surface area contributed by atoms with Gasteiger partial charge in [0.2, 0.25) is 5.82 Å². The van der Waals surface area contributed by atoms with Crippen molar-refractivity contribution < 1.29 is 4.73 Å². The van der Waals surface area contributed by atoms with Gasteiger partial charge in [-0.3, -0.25) is 0 Å². The largest absolute Gasteiger partial charge is 0.740 e. The zero-order valence-corrected chi connectivity index (χ0v) is 8.03. The summed E-state index contributed by atoms with van der Waals surface area (Å²) in [5.74, 6) is 0.584. The minimum Gasteiger partial charge on any atom is -0.740 e. The van der Waals surface area contributed by atoms with E-state index in [4.69, 9.17) is 0 Å². The van der Waals surface area contributed by atoms with Crippen molar-refractivity contribution in [3.8, 4) is 11.6 Å². The van der Waals surface area contributed by atoms with Crippen LogP contribution in [-0.2, 0) is 0 Å². The minimum absolute atomic E-state index is 0.179. The van der Waals surface area contributed by atoms with E-state index in [0.717, 1.165) is 0 Å². The van der Waals surface area contributed by atoms with E-state index in [1.807, 2.05) is 0 Å². The Balaban J connectivity index is 2.32. The predicted molar refractivity (Wildman–Crippen MR) is 53.9 cm³/mol.